The van der Waals surface area contributed by atoms with Crippen LogP contribution in [0.2, 0.25) is 0 Å². The second kappa shape index (κ2) is 9.33. The third kappa shape index (κ3) is 5.60. The van der Waals surface area contributed by atoms with E-state index in [0.717, 1.165) is 25.7 Å². The highest BCUT2D eigenvalue weighted by Gasteiger charge is 2.31. The molecule has 1 aromatic heterocycles. The van der Waals surface area contributed by atoms with Crippen molar-refractivity contribution in [2.75, 3.05) is 17.7 Å². The van der Waals surface area contributed by atoms with Crippen LogP contribution in [0.15, 0.2) is 54.6 Å². The lowest BCUT2D eigenvalue weighted by molar-refractivity contribution is -0.274. The van der Waals surface area contributed by atoms with E-state index in [1.54, 1.807) is 19.2 Å². The van der Waals surface area contributed by atoms with Crippen LogP contribution < -0.4 is 20.1 Å². The molecule has 4 rings (SSSR count). The van der Waals surface area contributed by atoms with Gasteiger partial charge in [0.1, 0.15) is 17.3 Å². The molecule has 32 heavy (non-hydrogen) atoms. The Morgan fingerprint density at radius 3 is 2.50 bits per heavy atom. The first-order chi connectivity index (χ1) is 15.4. The number of nitrogens with one attached hydrogen (secondary N) is 2. The van der Waals surface area contributed by atoms with Crippen molar-refractivity contribution in [1.82, 2.24) is 9.97 Å². The number of benzene rings is 2. The summed E-state index contributed by atoms with van der Waals surface area (Å²) in [5.41, 5.74) is 1.65. The van der Waals surface area contributed by atoms with Crippen molar-refractivity contribution in [3.05, 3.63) is 54.6 Å². The fourth-order valence-corrected chi connectivity index (χ4v) is 3.71. The monoisotopic (exact) mass is 444 g/mol. The van der Waals surface area contributed by atoms with Gasteiger partial charge in [-0.3, -0.25) is 0 Å². The first-order valence-corrected chi connectivity index (χ1v) is 10.3. The zero-order valence-corrected chi connectivity index (χ0v) is 17.4. The lowest BCUT2D eigenvalue weighted by Gasteiger charge is -2.16. The molecule has 9 heteroatoms. The van der Waals surface area contributed by atoms with E-state index in [1.165, 1.54) is 18.2 Å². The minimum Gasteiger partial charge on any atom is -0.495 e. The van der Waals surface area contributed by atoms with Crippen LogP contribution >= 0.6 is 0 Å². The summed E-state index contributed by atoms with van der Waals surface area (Å²) in [5, 5.41) is 6.58. The average molecular weight is 444 g/mol. The van der Waals surface area contributed by atoms with Gasteiger partial charge in [0.05, 0.1) is 18.5 Å². The normalized spacial score (nSPS) is 14.2. The van der Waals surface area contributed by atoms with Crippen molar-refractivity contribution in [2.24, 2.45) is 0 Å². The number of alkyl halides is 3. The highest BCUT2D eigenvalue weighted by atomic mass is 19.4. The lowest BCUT2D eigenvalue weighted by atomic mass is 10.1. The van der Waals surface area contributed by atoms with Crippen LogP contribution in [0.5, 0.6) is 11.5 Å². The standard InChI is InChI=1S/C23H23F3N4O2/c1-31-20-12-5-4-11-18(20)28-21-14-19(29-22(30-21)27-16-8-2-3-9-16)15-7-6-10-17(13-15)32-23(24,25)26/h4-7,10-14,16H,2-3,8-9H2,1H3,(H2,27,28,29,30). The van der Waals surface area contributed by atoms with Gasteiger partial charge in [0.2, 0.25) is 5.95 Å². The van der Waals surface area contributed by atoms with E-state index in [4.69, 9.17) is 4.74 Å². The summed E-state index contributed by atoms with van der Waals surface area (Å²) in [6, 6.07) is 15.1. The van der Waals surface area contributed by atoms with Gasteiger partial charge in [-0.2, -0.15) is 4.98 Å². The second-order valence-electron chi connectivity index (χ2n) is 7.49. The summed E-state index contributed by atoms with van der Waals surface area (Å²) in [6.45, 7) is 0. The molecule has 0 spiro atoms. The van der Waals surface area contributed by atoms with Crippen molar-refractivity contribution in [3.8, 4) is 22.8 Å². The molecule has 0 saturated heterocycles. The fourth-order valence-electron chi connectivity index (χ4n) is 3.71. The van der Waals surface area contributed by atoms with Gasteiger partial charge in [-0.15, -0.1) is 13.2 Å². The Labute approximate surface area is 183 Å². The molecular formula is C23H23F3N4O2. The highest BCUT2D eigenvalue weighted by Crippen LogP contribution is 2.32. The highest BCUT2D eigenvalue weighted by molar-refractivity contribution is 5.70. The van der Waals surface area contributed by atoms with Crippen LogP contribution in [0.25, 0.3) is 11.3 Å². The summed E-state index contributed by atoms with van der Waals surface area (Å²) in [7, 11) is 1.57. The molecule has 0 bridgehead atoms. The lowest BCUT2D eigenvalue weighted by Crippen LogP contribution is -2.17. The molecule has 6 nitrogen and oxygen atoms in total. The van der Waals surface area contributed by atoms with Crippen LogP contribution in [-0.4, -0.2) is 29.5 Å². The largest absolute Gasteiger partial charge is 0.573 e. The molecule has 0 unspecified atom stereocenters. The molecule has 0 radical (unpaired) electrons. The number of rotatable bonds is 7. The van der Waals surface area contributed by atoms with E-state index in [0.29, 0.717) is 34.5 Å². The third-order valence-corrected chi connectivity index (χ3v) is 5.15. The topological polar surface area (TPSA) is 68.3 Å². The second-order valence-corrected chi connectivity index (χ2v) is 7.49. The van der Waals surface area contributed by atoms with Crippen LogP contribution in [0.3, 0.4) is 0 Å². The zero-order valence-electron chi connectivity index (χ0n) is 17.4. The van der Waals surface area contributed by atoms with Gasteiger partial charge in [-0.1, -0.05) is 37.1 Å². The number of anilines is 3. The molecule has 2 aromatic carbocycles. The Kier molecular flexibility index (Phi) is 6.34. The Bertz CT molecular complexity index is 1070. The maximum Gasteiger partial charge on any atom is 0.573 e. The minimum absolute atomic E-state index is 0.268. The van der Waals surface area contributed by atoms with Gasteiger partial charge in [0, 0.05) is 17.7 Å². The summed E-state index contributed by atoms with van der Waals surface area (Å²) in [5.74, 6) is 1.23. The van der Waals surface area contributed by atoms with Crippen LogP contribution in [0, 0.1) is 0 Å². The summed E-state index contributed by atoms with van der Waals surface area (Å²) in [6.07, 6.45) is -0.438. The van der Waals surface area contributed by atoms with Gasteiger partial charge < -0.3 is 20.1 Å². The number of hydrogen-bond donors (Lipinski definition) is 2. The predicted molar refractivity (Wildman–Crippen MR) is 116 cm³/mol. The van der Waals surface area contributed by atoms with Crippen LogP contribution in [0.1, 0.15) is 25.7 Å². The van der Waals surface area contributed by atoms with Crippen molar-refractivity contribution >= 4 is 17.5 Å². The Morgan fingerprint density at radius 1 is 0.969 bits per heavy atom. The van der Waals surface area contributed by atoms with Gasteiger partial charge in [0.15, 0.2) is 0 Å². The van der Waals surface area contributed by atoms with Gasteiger partial charge in [0.25, 0.3) is 0 Å². The zero-order chi connectivity index (χ0) is 22.6. The summed E-state index contributed by atoms with van der Waals surface area (Å²) < 4.78 is 47.4. The molecular weight excluding hydrogens is 421 g/mol. The Morgan fingerprint density at radius 2 is 1.75 bits per heavy atom. The van der Waals surface area contributed by atoms with Gasteiger partial charge >= 0.3 is 6.36 Å². The molecule has 1 aliphatic carbocycles. The van der Waals surface area contributed by atoms with Crippen LogP contribution in [0.4, 0.5) is 30.6 Å². The molecule has 1 saturated carbocycles. The molecule has 1 fully saturated rings. The van der Waals surface area contributed by atoms with Crippen molar-refractivity contribution in [1.29, 1.82) is 0 Å². The molecule has 168 valence electrons. The number of halogens is 3. The van der Waals surface area contributed by atoms with E-state index < -0.39 is 6.36 Å². The number of aromatic nitrogens is 2. The van der Waals surface area contributed by atoms with E-state index >= 15 is 0 Å². The smallest absolute Gasteiger partial charge is 0.495 e. The van der Waals surface area contributed by atoms with Crippen LogP contribution in [-0.2, 0) is 0 Å². The maximum absolute atomic E-state index is 12.7. The molecule has 3 aromatic rings. The third-order valence-electron chi connectivity index (χ3n) is 5.15. The number of ether oxygens (including phenoxy) is 2. The quantitative estimate of drug-likeness (QED) is 0.456. The summed E-state index contributed by atoms with van der Waals surface area (Å²) in [4.78, 5) is 9.13. The molecule has 1 heterocycles. The molecule has 2 N–H and O–H groups in total. The van der Waals surface area contributed by atoms with Gasteiger partial charge in [-0.25, -0.2) is 4.98 Å². The van der Waals surface area contributed by atoms with E-state index in [9.17, 15) is 13.2 Å². The number of para-hydroxylation sites is 2. The van der Waals surface area contributed by atoms with Gasteiger partial charge in [-0.05, 0) is 37.1 Å². The predicted octanol–water partition coefficient (Wildman–Crippen LogP) is 6.15. The van der Waals surface area contributed by atoms with Crippen molar-refractivity contribution in [3.63, 3.8) is 0 Å². The fraction of sp³-hybridized carbons (Fsp3) is 0.304. The number of nitrogens with zero attached hydrogens (tertiary/aromatic N) is 2. The maximum atomic E-state index is 12.7. The molecule has 0 atom stereocenters. The SMILES string of the molecule is COc1ccccc1Nc1cc(-c2cccc(OC(F)(F)F)c2)nc(NC2CCCC2)n1. The number of methoxy groups -OCH3 is 1. The van der Waals surface area contributed by atoms with E-state index in [2.05, 4.69) is 25.3 Å². The van der Waals surface area contributed by atoms with E-state index in [1.807, 2.05) is 24.3 Å². The first kappa shape index (κ1) is 21.7. The molecule has 0 aliphatic heterocycles. The van der Waals surface area contributed by atoms with Crippen molar-refractivity contribution in [2.45, 2.75) is 38.1 Å². The summed E-state index contributed by atoms with van der Waals surface area (Å²) >= 11 is 0. The number of hydrogen-bond acceptors (Lipinski definition) is 6. The van der Waals surface area contributed by atoms with E-state index in [-0.39, 0.29) is 11.8 Å². The van der Waals surface area contributed by atoms with Crippen molar-refractivity contribution < 1.29 is 22.6 Å². The first-order valence-electron chi connectivity index (χ1n) is 10.3. The molecule has 0 amide bonds. The minimum atomic E-state index is -4.77. The Balaban J connectivity index is 1.69. The average Bonchev–Trinajstić information content (AvgIpc) is 3.26. The Hall–Kier alpha value is -3.49. The molecule has 1 aliphatic rings.